The second kappa shape index (κ2) is 5.52. The summed E-state index contributed by atoms with van der Waals surface area (Å²) in [6.45, 7) is 2.49. The molecule has 5 heteroatoms. The van der Waals surface area contributed by atoms with Crippen LogP contribution in [0, 0.1) is 0 Å². The van der Waals surface area contributed by atoms with Gasteiger partial charge in [0.25, 0.3) is 0 Å². The van der Waals surface area contributed by atoms with Crippen molar-refractivity contribution in [3.8, 4) is 0 Å². The topological polar surface area (TPSA) is 45.2 Å². The van der Waals surface area contributed by atoms with Gasteiger partial charge in [-0.05, 0) is 26.4 Å². The highest BCUT2D eigenvalue weighted by molar-refractivity contribution is 7.11. The molecule has 2 heterocycles. The van der Waals surface area contributed by atoms with Gasteiger partial charge in [0.15, 0.2) is 5.01 Å². The van der Waals surface area contributed by atoms with E-state index in [4.69, 9.17) is 0 Å². The second-order valence-electron chi connectivity index (χ2n) is 4.12. The van der Waals surface area contributed by atoms with E-state index in [9.17, 15) is 4.79 Å². The normalized spacial score (nSPS) is 22.2. The van der Waals surface area contributed by atoms with Crippen molar-refractivity contribution in [1.82, 2.24) is 15.2 Å². The minimum Gasteiger partial charge on any atom is -0.316 e. The second-order valence-corrected chi connectivity index (χ2v) is 5.02. The van der Waals surface area contributed by atoms with Crippen molar-refractivity contribution < 1.29 is 4.79 Å². The van der Waals surface area contributed by atoms with Crippen LogP contribution in [-0.4, -0.2) is 48.4 Å². The number of carbonyl (C=O) groups is 1. The molecule has 1 aromatic rings. The Labute approximate surface area is 99.7 Å². The lowest BCUT2D eigenvalue weighted by atomic mass is 10.1. The first kappa shape index (κ1) is 11.7. The van der Waals surface area contributed by atoms with E-state index in [1.165, 1.54) is 17.8 Å². The molecule has 1 N–H and O–H groups in total. The van der Waals surface area contributed by atoms with E-state index in [1.807, 2.05) is 12.4 Å². The van der Waals surface area contributed by atoms with Gasteiger partial charge in [-0.25, -0.2) is 4.98 Å². The van der Waals surface area contributed by atoms with Crippen molar-refractivity contribution in [3.05, 3.63) is 16.6 Å². The average Bonchev–Trinajstić information content (AvgIpc) is 2.83. The van der Waals surface area contributed by atoms with E-state index in [2.05, 4.69) is 15.2 Å². The van der Waals surface area contributed by atoms with Gasteiger partial charge >= 0.3 is 0 Å². The number of hydrogen-bond donors (Lipinski definition) is 1. The maximum Gasteiger partial charge on any atom is 0.205 e. The highest BCUT2D eigenvalue weighted by Crippen LogP contribution is 2.12. The minimum absolute atomic E-state index is 0.145. The number of Topliss-reactive ketones (excluding diaryl/α,β-unsaturated/α-hetero) is 1. The summed E-state index contributed by atoms with van der Waals surface area (Å²) in [7, 11) is 1.98. The molecule has 2 rings (SSSR count). The molecule has 0 saturated carbocycles. The highest BCUT2D eigenvalue weighted by atomic mass is 32.1. The van der Waals surface area contributed by atoms with Crippen molar-refractivity contribution in [2.24, 2.45) is 0 Å². The molecule has 0 spiro atoms. The summed E-state index contributed by atoms with van der Waals surface area (Å²) >= 11 is 1.42. The van der Waals surface area contributed by atoms with E-state index in [-0.39, 0.29) is 5.78 Å². The summed E-state index contributed by atoms with van der Waals surface area (Å²) < 4.78 is 0. The van der Waals surface area contributed by atoms with Crippen LogP contribution in [0.25, 0.3) is 0 Å². The molecule has 1 aromatic heterocycles. The van der Waals surface area contributed by atoms with Gasteiger partial charge in [-0.3, -0.25) is 9.69 Å². The molecule has 16 heavy (non-hydrogen) atoms. The van der Waals surface area contributed by atoms with Gasteiger partial charge in [-0.15, -0.1) is 11.3 Å². The molecule has 0 aromatic carbocycles. The fourth-order valence-corrected chi connectivity index (χ4v) is 2.63. The average molecular weight is 239 g/mol. The molecule has 1 unspecified atom stereocenters. The van der Waals surface area contributed by atoms with Gasteiger partial charge in [0.05, 0.1) is 6.54 Å². The molecule has 0 radical (unpaired) electrons. The molecule has 0 aliphatic carbocycles. The first-order valence-electron chi connectivity index (χ1n) is 5.62. The number of nitrogens with zero attached hydrogens (tertiary/aromatic N) is 2. The van der Waals surface area contributed by atoms with Crippen molar-refractivity contribution in [1.29, 1.82) is 0 Å². The number of thiazole rings is 1. The van der Waals surface area contributed by atoms with Gasteiger partial charge < -0.3 is 5.32 Å². The van der Waals surface area contributed by atoms with Crippen LogP contribution in [0.4, 0.5) is 0 Å². The fraction of sp³-hybridized carbons (Fsp3) is 0.636. The van der Waals surface area contributed by atoms with Crippen LogP contribution in [0.2, 0.25) is 0 Å². The Morgan fingerprint density at radius 2 is 2.62 bits per heavy atom. The van der Waals surface area contributed by atoms with Crippen LogP contribution in [0.15, 0.2) is 11.6 Å². The molecule has 4 nitrogen and oxygen atoms in total. The number of hydrogen-bond acceptors (Lipinski definition) is 5. The Morgan fingerprint density at radius 3 is 3.31 bits per heavy atom. The number of piperidine rings is 1. The molecule has 1 aliphatic rings. The zero-order valence-corrected chi connectivity index (χ0v) is 10.3. The van der Waals surface area contributed by atoms with Crippen molar-refractivity contribution in [2.45, 2.75) is 18.9 Å². The van der Waals surface area contributed by atoms with Crippen molar-refractivity contribution in [2.75, 3.05) is 26.7 Å². The molecular weight excluding hydrogens is 222 g/mol. The molecular formula is C11H17N3OS. The number of carbonyl (C=O) groups excluding carboxylic acids is 1. The van der Waals surface area contributed by atoms with Crippen molar-refractivity contribution >= 4 is 17.1 Å². The molecule has 1 atom stereocenters. The standard InChI is InChI=1S/C11H17N3OS/c1-12-9-3-2-5-14(7-9)8-10(15)11-13-4-6-16-11/h4,6,9,12H,2-3,5,7-8H2,1H3. The predicted molar refractivity (Wildman–Crippen MR) is 65.0 cm³/mol. The van der Waals surface area contributed by atoms with E-state index in [1.54, 1.807) is 6.20 Å². The molecule has 1 saturated heterocycles. The summed E-state index contributed by atoms with van der Waals surface area (Å²) in [6.07, 6.45) is 4.06. The van der Waals surface area contributed by atoms with Crippen LogP contribution < -0.4 is 5.32 Å². The van der Waals surface area contributed by atoms with E-state index >= 15 is 0 Å². The van der Waals surface area contributed by atoms with E-state index in [0.29, 0.717) is 17.6 Å². The maximum atomic E-state index is 11.9. The predicted octanol–water partition coefficient (Wildman–Crippen LogP) is 1.01. The molecule has 88 valence electrons. The maximum absolute atomic E-state index is 11.9. The largest absolute Gasteiger partial charge is 0.316 e. The Hall–Kier alpha value is -0.780. The highest BCUT2D eigenvalue weighted by Gasteiger charge is 2.21. The van der Waals surface area contributed by atoms with Gasteiger partial charge in [0.2, 0.25) is 5.78 Å². The Balaban J connectivity index is 1.87. The quantitative estimate of drug-likeness (QED) is 0.797. The summed E-state index contributed by atoms with van der Waals surface area (Å²) in [6, 6.07) is 0.526. The Kier molecular flexibility index (Phi) is 4.04. The Morgan fingerprint density at radius 1 is 1.75 bits per heavy atom. The molecule has 1 fully saturated rings. The van der Waals surface area contributed by atoms with Gasteiger partial charge in [-0.1, -0.05) is 0 Å². The SMILES string of the molecule is CNC1CCCN(CC(=O)c2nccs2)C1. The summed E-state index contributed by atoms with van der Waals surface area (Å²) in [5, 5.41) is 5.75. The van der Waals surface area contributed by atoms with Crippen LogP contribution >= 0.6 is 11.3 Å². The van der Waals surface area contributed by atoms with E-state index in [0.717, 1.165) is 19.5 Å². The number of nitrogens with one attached hydrogen (secondary N) is 1. The lowest BCUT2D eigenvalue weighted by Crippen LogP contribution is -2.46. The first-order valence-corrected chi connectivity index (χ1v) is 6.50. The van der Waals surface area contributed by atoms with Crippen LogP contribution in [0.5, 0.6) is 0 Å². The fourth-order valence-electron chi connectivity index (χ4n) is 2.07. The van der Waals surface area contributed by atoms with E-state index < -0.39 is 0 Å². The lowest BCUT2D eigenvalue weighted by molar-refractivity contribution is 0.0901. The van der Waals surface area contributed by atoms with Crippen LogP contribution in [0.1, 0.15) is 22.6 Å². The zero-order chi connectivity index (χ0) is 11.4. The van der Waals surface area contributed by atoms with Gasteiger partial charge in [0, 0.05) is 24.2 Å². The third-order valence-electron chi connectivity index (χ3n) is 2.95. The lowest BCUT2D eigenvalue weighted by Gasteiger charge is -2.31. The van der Waals surface area contributed by atoms with Crippen LogP contribution in [0.3, 0.4) is 0 Å². The summed E-state index contributed by atoms with van der Waals surface area (Å²) in [5.74, 6) is 0.145. The van der Waals surface area contributed by atoms with Crippen molar-refractivity contribution in [3.63, 3.8) is 0 Å². The van der Waals surface area contributed by atoms with Gasteiger partial charge in [0.1, 0.15) is 0 Å². The molecule has 0 amide bonds. The number of ketones is 1. The monoisotopic (exact) mass is 239 g/mol. The smallest absolute Gasteiger partial charge is 0.205 e. The third-order valence-corrected chi connectivity index (χ3v) is 3.77. The Bertz CT molecular complexity index is 339. The molecule has 0 bridgehead atoms. The molecule has 1 aliphatic heterocycles. The number of likely N-dealkylation sites (N-methyl/N-ethyl adjacent to an activating group) is 1. The number of aromatic nitrogens is 1. The van der Waals surface area contributed by atoms with Crippen LogP contribution in [-0.2, 0) is 0 Å². The summed E-state index contributed by atoms with van der Waals surface area (Å²) in [5.41, 5.74) is 0. The first-order chi connectivity index (χ1) is 7.79. The minimum atomic E-state index is 0.145. The van der Waals surface area contributed by atoms with Gasteiger partial charge in [-0.2, -0.15) is 0 Å². The summed E-state index contributed by atoms with van der Waals surface area (Å²) in [4.78, 5) is 18.1. The number of rotatable bonds is 4. The number of likely N-dealkylation sites (tertiary alicyclic amines) is 1. The third kappa shape index (κ3) is 2.87. The zero-order valence-electron chi connectivity index (χ0n) is 9.48.